The smallest absolute Gasteiger partial charge is 0.137 e. The van der Waals surface area contributed by atoms with Crippen LogP contribution in [-0.4, -0.2) is 12.1 Å². The van der Waals surface area contributed by atoms with Gasteiger partial charge in [-0.1, -0.05) is 22.0 Å². The number of pyridine rings is 1. The lowest BCUT2D eigenvalue weighted by Gasteiger charge is -2.14. The van der Waals surface area contributed by atoms with Crippen LogP contribution < -0.4 is 10.5 Å². The predicted molar refractivity (Wildman–Crippen MR) is 75.7 cm³/mol. The van der Waals surface area contributed by atoms with Crippen LogP contribution in [0.4, 0.5) is 0 Å². The van der Waals surface area contributed by atoms with Crippen molar-refractivity contribution in [3.8, 4) is 5.75 Å². The summed E-state index contributed by atoms with van der Waals surface area (Å²) in [6.07, 6.45) is 3.44. The van der Waals surface area contributed by atoms with Crippen molar-refractivity contribution in [2.24, 2.45) is 5.73 Å². The molecule has 1 aromatic carbocycles. The predicted octanol–water partition coefficient (Wildman–Crippen LogP) is 3.21. The fourth-order valence-corrected chi connectivity index (χ4v) is 2.48. The Morgan fingerprint density at radius 1 is 1.17 bits per heavy atom. The van der Waals surface area contributed by atoms with Crippen LogP contribution >= 0.6 is 15.9 Å². The molecule has 0 saturated heterocycles. The number of hydrogen-bond donors (Lipinski definition) is 1. The molecular weight excluding hydrogens is 292 g/mol. The fraction of sp³-hybridized carbons (Fsp3) is 0.214. The Labute approximate surface area is 115 Å². The second kappa shape index (κ2) is 5.50. The standard InChI is InChI=1S/C14H15BrN2O/c1-9-3-10(5-12(15)4-9)14(16)11-6-13(18-2)8-17-7-11/h3-8,14H,16H2,1-2H3. The van der Waals surface area contributed by atoms with Gasteiger partial charge in [0.1, 0.15) is 5.75 Å². The van der Waals surface area contributed by atoms with Crippen LogP contribution in [0.2, 0.25) is 0 Å². The van der Waals surface area contributed by atoms with E-state index in [1.165, 1.54) is 5.56 Å². The molecule has 4 heteroatoms. The largest absolute Gasteiger partial charge is 0.495 e. The van der Waals surface area contributed by atoms with E-state index < -0.39 is 0 Å². The van der Waals surface area contributed by atoms with Crippen LogP contribution in [0.15, 0.2) is 41.1 Å². The van der Waals surface area contributed by atoms with E-state index in [2.05, 4.69) is 33.0 Å². The second-order valence-corrected chi connectivity index (χ2v) is 5.11. The van der Waals surface area contributed by atoms with Gasteiger partial charge in [-0.05, 0) is 41.8 Å². The molecule has 0 bridgehead atoms. The molecule has 2 N–H and O–H groups in total. The number of nitrogens with two attached hydrogens (primary N) is 1. The van der Waals surface area contributed by atoms with E-state index in [-0.39, 0.29) is 6.04 Å². The Kier molecular flexibility index (Phi) is 3.99. The minimum Gasteiger partial charge on any atom is -0.495 e. The highest BCUT2D eigenvalue weighted by Gasteiger charge is 2.11. The van der Waals surface area contributed by atoms with Crippen molar-refractivity contribution >= 4 is 15.9 Å². The second-order valence-electron chi connectivity index (χ2n) is 4.20. The minimum absolute atomic E-state index is 0.205. The highest BCUT2D eigenvalue weighted by atomic mass is 79.9. The van der Waals surface area contributed by atoms with Gasteiger partial charge in [0.05, 0.1) is 19.3 Å². The van der Waals surface area contributed by atoms with Crippen LogP contribution in [0.1, 0.15) is 22.7 Å². The average molecular weight is 307 g/mol. The number of hydrogen-bond acceptors (Lipinski definition) is 3. The molecule has 0 aliphatic rings. The van der Waals surface area contributed by atoms with Crippen LogP contribution in [0, 0.1) is 6.92 Å². The van der Waals surface area contributed by atoms with Crippen molar-refractivity contribution in [3.63, 3.8) is 0 Å². The van der Waals surface area contributed by atoms with Crippen LogP contribution in [0.5, 0.6) is 5.75 Å². The molecular formula is C14H15BrN2O. The summed E-state index contributed by atoms with van der Waals surface area (Å²) in [6.45, 7) is 2.05. The summed E-state index contributed by atoms with van der Waals surface area (Å²) in [4.78, 5) is 4.13. The first-order valence-corrected chi connectivity index (χ1v) is 6.41. The Morgan fingerprint density at radius 3 is 2.61 bits per heavy atom. The third kappa shape index (κ3) is 2.89. The van der Waals surface area contributed by atoms with E-state index >= 15 is 0 Å². The van der Waals surface area contributed by atoms with Crippen LogP contribution in [-0.2, 0) is 0 Å². The van der Waals surface area contributed by atoms with Gasteiger partial charge < -0.3 is 10.5 Å². The zero-order valence-electron chi connectivity index (χ0n) is 10.4. The van der Waals surface area contributed by atoms with Crippen molar-refractivity contribution in [3.05, 3.63) is 57.8 Å². The molecule has 0 radical (unpaired) electrons. The molecule has 0 amide bonds. The van der Waals surface area contributed by atoms with Gasteiger partial charge in [0.15, 0.2) is 0 Å². The summed E-state index contributed by atoms with van der Waals surface area (Å²) in [5.41, 5.74) is 9.42. The molecule has 1 heterocycles. The molecule has 0 saturated carbocycles. The molecule has 0 spiro atoms. The molecule has 0 aliphatic heterocycles. The first kappa shape index (κ1) is 13.1. The Balaban J connectivity index is 2.37. The summed E-state index contributed by atoms with van der Waals surface area (Å²) < 4.78 is 6.19. The number of methoxy groups -OCH3 is 1. The third-order valence-electron chi connectivity index (χ3n) is 2.75. The molecule has 3 nitrogen and oxygen atoms in total. The molecule has 18 heavy (non-hydrogen) atoms. The van der Waals surface area contributed by atoms with Gasteiger partial charge in [-0.2, -0.15) is 0 Å². The fourth-order valence-electron chi connectivity index (χ4n) is 1.85. The molecule has 2 rings (SSSR count). The van der Waals surface area contributed by atoms with Gasteiger partial charge in [-0.15, -0.1) is 0 Å². The lowest BCUT2D eigenvalue weighted by atomic mass is 9.99. The van der Waals surface area contributed by atoms with E-state index in [9.17, 15) is 0 Å². The Hall–Kier alpha value is -1.39. The molecule has 1 aromatic heterocycles. The zero-order valence-corrected chi connectivity index (χ0v) is 11.9. The Morgan fingerprint density at radius 2 is 1.94 bits per heavy atom. The van der Waals surface area contributed by atoms with E-state index in [4.69, 9.17) is 10.5 Å². The van der Waals surface area contributed by atoms with Crippen molar-refractivity contribution in [2.45, 2.75) is 13.0 Å². The summed E-state index contributed by atoms with van der Waals surface area (Å²) >= 11 is 3.49. The lowest BCUT2D eigenvalue weighted by molar-refractivity contribution is 0.412. The number of ether oxygens (including phenoxy) is 1. The highest BCUT2D eigenvalue weighted by molar-refractivity contribution is 9.10. The maximum absolute atomic E-state index is 6.26. The number of nitrogens with zero attached hydrogens (tertiary/aromatic N) is 1. The molecule has 94 valence electrons. The summed E-state index contributed by atoms with van der Waals surface area (Å²) in [7, 11) is 1.62. The SMILES string of the molecule is COc1cncc(C(N)c2cc(C)cc(Br)c2)c1. The van der Waals surface area contributed by atoms with Crippen molar-refractivity contribution in [1.29, 1.82) is 0 Å². The van der Waals surface area contributed by atoms with Gasteiger partial charge in [-0.25, -0.2) is 0 Å². The molecule has 1 atom stereocenters. The normalized spacial score (nSPS) is 12.2. The maximum Gasteiger partial charge on any atom is 0.137 e. The Bertz CT molecular complexity index is 537. The summed E-state index contributed by atoms with van der Waals surface area (Å²) in [6, 6.07) is 7.86. The summed E-state index contributed by atoms with van der Waals surface area (Å²) in [5, 5.41) is 0. The van der Waals surface area contributed by atoms with Gasteiger partial charge in [0.25, 0.3) is 0 Å². The van der Waals surface area contributed by atoms with Crippen LogP contribution in [0.25, 0.3) is 0 Å². The van der Waals surface area contributed by atoms with E-state index in [1.807, 2.05) is 19.1 Å². The molecule has 1 unspecified atom stereocenters. The summed E-state index contributed by atoms with van der Waals surface area (Å²) in [5.74, 6) is 0.717. The number of rotatable bonds is 3. The van der Waals surface area contributed by atoms with Crippen molar-refractivity contribution in [2.75, 3.05) is 7.11 Å². The van der Waals surface area contributed by atoms with Crippen LogP contribution in [0.3, 0.4) is 0 Å². The number of aryl methyl sites for hydroxylation is 1. The van der Waals surface area contributed by atoms with Crippen molar-refractivity contribution < 1.29 is 4.74 Å². The first-order valence-electron chi connectivity index (χ1n) is 5.62. The lowest BCUT2D eigenvalue weighted by Crippen LogP contribution is -2.12. The van der Waals surface area contributed by atoms with E-state index in [1.54, 1.807) is 19.5 Å². The number of halogens is 1. The highest BCUT2D eigenvalue weighted by Crippen LogP contribution is 2.25. The topological polar surface area (TPSA) is 48.1 Å². The quantitative estimate of drug-likeness (QED) is 0.947. The third-order valence-corrected chi connectivity index (χ3v) is 3.21. The number of aromatic nitrogens is 1. The minimum atomic E-state index is -0.205. The average Bonchev–Trinajstić information content (AvgIpc) is 2.37. The molecule has 0 aliphatic carbocycles. The zero-order chi connectivity index (χ0) is 13.1. The van der Waals surface area contributed by atoms with E-state index in [0.717, 1.165) is 21.3 Å². The van der Waals surface area contributed by atoms with Gasteiger partial charge >= 0.3 is 0 Å². The first-order chi connectivity index (χ1) is 8.60. The van der Waals surface area contributed by atoms with Gasteiger partial charge in [0, 0.05) is 10.7 Å². The van der Waals surface area contributed by atoms with Crippen molar-refractivity contribution in [1.82, 2.24) is 4.98 Å². The number of benzene rings is 1. The molecule has 2 aromatic rings. The molecule has 0 fully saturated rings. The van der Waals surface area contributed by atoms with Gasteiger partial charge in [-0.3, -0.25) is 4.98 Å². The monoisotopic (exact) mass is 306 g/mol. The van der Waals surface area contributed by atoms with E-state index in [0.29, 0.717) is 0 Å². The maximum atomic E-state index is 6.26. The van der Waals surface area contributed by atoms with Gasteiger partial charge in [0.2, 0.25) is 0 Å².